The van der Waals surface area contributed by atoms with E-state index in [0.29, 0.717) is 0 Å². The van der Waals surface area contributed by atoms with Crippen LogP contribution in [-0.4, -0.2) is 9.55 Å². The number of hydrogen-bond acceptors (Lipinski definition) is 3. The van der Waals surface area contributed by atoms with Crippen LogP contribution in [0.3, 0.4) is 0 Å². The Morgan fingerprint density at radius 3 is 2.38 bits per heavy atom. The number of aromatic amines is 1. The Balaban J connectivity index is 2.26. The number of benzene rings is 1. The van der Waals surface area contributed by atoms with Crippen molar-refractivity contribution >= 4 is 5.82 Å². The van der Waals surface area contributed by atoms with Gasteiger partial charge in [-0.2, -0.15) is 0 Å². The van der Waals surface area contributed by atoms with Crippen LogP contribution in [0, 0.1) is 11.6 Å². The second-order valence-electron chi connectivity index (χ2n) is 4.84. The Labute approximate surface area is 119 Å². The average molecular weight is 295 g/mol. The van der Waals surface area contributed by atoms with Crippen LogP contribution in [0.2, 0.25) is 0 Å². The molecule has 0 spiro atoms. The summed E-state index contributed by atoms with van der Waals surface area (Å²) in [5.41, 5.74) is -1.22. The molecule has 0 aliphatic heterocycles. The SMILES string of the molecule is CC(C)n1c(=O)cc(NCc2c(F)cccc2F)[nH]c1=O. The molecule has 112 valence electrons. The van der Waals surface area contributed by atoms with Crippen molar-refractivity contribution in [2.24, 2.45) is 0 Å². The van der Waals surface area contributed by atoms with Crippen LogP contribution in [0.4, 0.5) is 14.6 Å². The number of nitrogens with zero attached hydrogens (tertiary/aromatic N) is 1. The normalized spacial score (nSPS) is 10.9. The van der Waals surface area contributed by atoms with Gasteiger partial charge in [0.25, 0.3) is 5.56 Å². The Kier molecular flexibility index (Phi) is 4.21. The number of anilines is 1. The number of rotatable bonds is 4. The lowest BCUT2D eigenvalue weighted by atomic mass is 10.2. The zero-order valence-corrected chi connectivity index (χ0v) is 11.6. The van der Waals surface area contributed by atoms with E-state index in [-0.39, 0.29) is 24.0 Å². The van der Waals surface area contributed by atoms with Gasteiger partial charge in [-0.15, -0.1) is 0 Å². The number of H-pyrrole nitrogens is 1. The van der Waals surface area contributed by atoms with Crippen LogP contribution < -0.4 is 16.6 Å². The van der Waals surface area contributed by atoms with Gasteiger partial charge in [0.2, 0.25) is 0 Å². The van der Waals surface area contributed by atoms with Crippen LogP contribution in [-0.2, 0) is 6.54 Å². The topological polar surface area (TPSA) is 66.9 Å². The summed E-state index contributed by atoms with van der Waals surface area (Å²) in [6.45, 7) is 3.23. The monoisotopic (exact) mass is 295 g/mol. The highest BCUT2D eigenvalue weighted by atomic mass is 19.1. The predicted molar refractivity (Wildman–Crippen MR) is 75.4 cm³/mol. The molecule has 5 nitrogen and oxygen atoms in total. The lowest BCUT2D eigenvalue weighted by Crippen LogP contribution is -2.36. The predicted octanol–water partition coefficient (Wildman–Crippen LogP) is 2.01. The van der Waals surface area contributed by atoms with Crippen molar-refractivity contribution in [3.05, 3.63) is 62.3 Å². The van der Waals surface area contributed by atoms with E-state index in [1.165, 1.54) is 12.1 Å². The molecule has 1 aromatic heterocycles. The van der Waals surface area contributed by atoms with Gasteiger partial charge in [-0.05, 0) is 26.0 Å². The molecular formula is C14H15F2N3O2. The molecule has 0 aliphatic rings. The molecule has 0 unspecified atom stereocenters. The second-order valence-corrected chi connectivity index (χ2v) is 4.84. The van der Waals surface area contributed by atoms with Gasteiger partial charge < -0.3 is 5.32 Å². The number of aromatic nitrogens is 2. The zero-order valence-electron chi connectivity index (χ0n) is 11.6. The summed E-state index contributed by atoms with van der Waals surface area (Å²) in [6.07, 6.45) is 0. The van der Waals surface area contributed by atoms with Crippen molar-refractivity contribution in [1.82, 2.24) is 9.55 Å². The van der Waals surface area contributed by atoms with Gasteiger partial charge in [-0.25, -0.2) is 13.6 Å². The van der Waals surface area contributed by atoms with E-state index in [4.69, 9.17) is 0 Å². The van der Waals surface area contributed by atoms with E-state index in [2.05, 4.69) is 10.3 Å². The molecule has 1 heterocycles. The minimum absolute atomic E-state index is 0.115. The number of nitrogens with one attached hydrogen (secondary N) is 2. The maximum Gasteiger partial charge on any atom is 0.330 e. The van der Waals surface area contributed by atoms with Crippen molar-refractivity contribution < 1.29 is 8.78 Å². The molecule has 0 bridgehead atoms. The highest BCUT2D eigenvalue weighted by Crippen LogP contribution is 2.13. The molecule has 0 radical (unpaired) electrons. The minimum atomic E-state index is -0.694. The lowest BCUT2D eigenvalue weighted by molar-refractivity contribution is 0.545. The lowest BCUT2D eigenvalue weighted by Gasteiger charge is -2.11. The van der Waals surface area contributed by atoms with E-state index in [1.54, 1.807) is 13.8 Å². The first kappa shape index (κ1) is 15.0. The summed E-state index contributed by atoms with van der Waals surface area (Å²) in [6, 6.07) is 4.44. The first-order valence-corrected chi connectivity index (χ1v) is 6.42. The zero-order chi connectivity index (χ0) is 15.6. The molecule has 2 rings (SSSR count). The van der Waals surface area contributed by atoms with E-state index >= 15 is 0 Å². The van der Waals surface area contributed by atoms with Crippen LogP contribution in [0.15, 0.2) is 33.9 Å². The van der Waals surface area contributed by atoms with Crippen molar-refractivity contribution in [1.29, 1.82) is 0 Å². The molecular weight excluding hydrogens is 280 g/mol. The van der Waals surface area contributed by atoms with Gasteiger partial charge in [0.1, 0.15) is 17.5 Å². The van der Waals surface area contributed by atoms with Gasteiger partial charge in [-0.1, -0.05) is 6.07 Å². The third-order valence-electron chi connectivity index (χ3n) is 3.00. The quantitative estimate of drug-likeness (QED) is 0.906. The maximum absolute atomic E-state index is 13.5. The highest BCUT2D eigenvalue weighted by molar-refractivity contribution is 5.34. The Morgan fingerprint density at radius 1 is 1.24 bits per heavy atom. The van der Waals surface area contributed by atoms with Gasteiger partial charge in [-0.3, -0.25) is 14.3 Å². The molecule has 0 fully saturated rings. The summed E-state index contributed by atoms with van der Waals surface area (Å²) in [5.74, 6) is -1.27. The first-order valence-electron chi connectivity index (χ1n) is 6.42. The fourth-order valence-electron chi connectivity index (χ4n) is 1.97. The van der Waals surface area contributed by atoms with Gasteiger partial charge in [0, 0.05) is 24.2 Å². The third kappa shape index (κ3) is 3.18. The summed E-state index contributed by atoms with van der Waals surface area (Å²) in [5, 5.41) is 2.64. The van der Waals surface area contributed by atoms with Crippen LogP contribution in [0.25, 0.3) is 0 Å². The summed E-state index contributed by atoms with van der Waals surface area (Å²) >= 11 is 0. The molecule has 2 aromatic rings. The third-order valence-corrected chi connectivity index (χ3v) is 3.00. The largest absolute Gasteiger partial charge is 0.367 e. The second kappa shape index (κ2) is 5.90. The number of hydrogen-bond donors (Lipinski definition) is 2. The molecule has 1 aromatic carbocycles. The first-order chi connectivity index (χ1) is 9.90. The van der Waals surface area contributed by atoms with Crippen LogP contribution in [0.5, 0.6) is 0 Å². The average Bonchev–Trinajstić information content (AvgIpc) is 2.36. The van der Waals surface area contributed by atoms with Gasteiger partial charge in [0.15, 0.2) is 0 Å². The summed E-state index contributed by atoms with van der Waals surface area (Å²) in [4.78, 5) is 26.0. The van der Waals surface area contributed by atoms with E-state index in [9.17, 15) is 18.4 Å². The van der Waals surface area contributed by atoms with E-state index in [1.807, 2.05) is 0 Å². The van der Waals surface area contributed by atoms with Crippen molar-refractivity contribution in [3.8, 4) is 0 Å². The molecule has 21 heavy (non-hydrogen) atoms. The van der Waals surface area contributed by atoms with Crippen LogP contribution in [0.1, 0.15) is 25.5 Å². The Bertz CT molecular complexity index is 714. The van der Waals surface area contributed by atoms with E-state index < -0.39 is 22.9 Å². The molecule has 0 saturated heterocycles. The number of halogens is 2. The molecule has 2 N–H and O–H groups in total. The standard InChI is InChI=1S/C14H15F2N3O2/c1-8(2)19-13(20)6-12(18-14(19)21)17-7-9-10(15)4-3-5-11(9)16/h3-6,8,17H,7H2,1-2H3,(H,18,21). The van der Waals surface area contributed by atoms with Crippen molar-refractivity contribution in [2.75, 3.05) is 5.32 Å². The fraction of sp³-hybridized carbons (Fsp3) is 0.286. The molecule has 0 aliphatic carbocycles. The Hall–Kier alpha value is -2.44. The highest BCUT2D eigenvalue weighted by Gasteiger charge is 2.10. The van der Waals surface area contributed by atoms with Gasteiger partial charge >= 0.3 is 5.69 Å². The van der Waals surface area contributed by atoms with Crippen LogP contribution >= 0.6 is 0 Å². The molecule has 0 amide bonds. The Morgan fingerprint density at radius 2 is 1.86 bits per heavy atom. The summed E-state index contributed by atoms with van der Waals surface area (Å²) < 4.78 is 28.0. The van der Waals surface area contributed by atoms with Gasteiger partial charge in [0.05, 0.1) is 0 Å². The van der Waals surface area contributed by atoms with Crippen molar-refractivity contribution in [3.63, 3.8) is 0 Å². The minimum Gasteiger partial charge on any atom is -0.367 e. The smallest absolute Gasteiger partial charge is 0.330 e. The fourth-order valence-corrected chi connectivity index (χ4v) is 1.97. The molecule has 7 heteroatoms. The summed E-state index contributed by atoms with van der Waals surface area (Å²) in [7, 11) is 0. The maximum atomic E-state index is 13.5. The van der Waals surface area contributed by atoms with E-state index in [0.717, 1.165) is 16.7 Å². The van der Waals surface area contributed by atoms with Crippen molar-refractivity contribution in [2.45, 2.75) is 26.4 Å². The molecule has 0 saturated carbocycles. The molecule has 0 atom stereocenters.